The Hall–Kier alpha value is -3.06. The Morgan fingerprint density at radius 2 is 1.81 bits per heavy atom. The zero-order valence-electron chi connectivity index (χ0n) is 18.8. The monoisotopic (exact) mass is 433 g/mol. The molecule has 32 heavy (non-hydrogen) atoms. The molecular formula is C25H31N5O2. The van der Waals surface area contributed by atoms with E-state index in [1.807, 2.05) is 38.4 Å². The summed E-state index contributed by atoms with van der Waals surface area (Å²) in [4.78, 5) is 11.6. The van der Waals surface area contributed by atoms with Crippen molar-refractivity contribution in [1.82, 2.24) is 15.3 Å². The van der Waals surface area contributed by atoms with Crippen LogP contribution in [0.4, 0.5) is 11.8 Å². The van der Waals surface area contributed by atoms with Gasteiger partial charge in [0.1, 0.15) is 5.82 Å². The number of fused-ring (bicyclic) bond motifs is 2. The Morgan fingerprint density at radius 1 is 0.969 bits per heavy atom. The predicted molar refractivity (Wildman–Crippen MR) is 128 cm³/mol. The summed E-state index contributed by atoms with van der Waals surface area (Å²) in [6, 6.07) is 14.7. The third kappa shape index (κ3) is 4.43. The molecule has 2 aliphatic rings. The van der Waals surface area contributed by atoms with Crippen LogP contribution in [0.5, 0.6) is 11.5 Å². The lowest BCUT2D eigenvalue weighted by Gasteiger charge is -2.29. The number of nitrogens with zero attached hydrogens (tertiary/aromatic N) is 3. The van der Waals surface area contributed by atoms with Gasteiger partial charge in [-0.15, -0.1) is 0 Å². The maximum Gasteiger partial charge on any atom is 0.231 e. The second kappa shape index (κ2) is 9.20. The minimum atomic E-state index is 0.320. The number of ether oxygens (including phenoxy) is 2. The summed E-state index contributed by atoms with van der Waals surface area (Å²) in [5.74, 6) is 4.12. The van der Waals surface area contributed by atoms with Crippen LogP contribution in [0.15, 0.2) is 42.5 Å². The van der Waals surface area contributed by atoms with Crippen molar-refractivity contribution in [2.24, 2.45) is 5.92 Å². The van der Waals surface area contributed by atoms with Gasteiger partial charge in [-0.2, -0.15) is 4.98 Å². The van der Waals surface area contributed by atoms with E-state index < -0.39 is 0 Å². The van der Waals surface area contributed by atoms with Crippen molar-refractivity contribution in [2.75, 3.05) is 37.6 Å². The molecule has 1 aromatic heterocycles. The number of anilines is 2. The van der Waals surface area contributed by atoms with E-state index in [-0.39, 0.29) is 0 Å². The number of benzene rings is 2. The predicted octanol–water partition coefficient (Wildman–Crippen LogP) is 4.19. The summed E-state index contributed by atoms with van der Waals surface area (Å²) in [7, 11) is 4.05. The maximum absolute atomic E-state index is 5.61. The van der Waals surface area contributed by atoms with Crippen molar-refractivity contribution in [3.63, 3.8) is 0 Å². The number of rotatable bonds is 7. The molecule has 2 N–H and O–H groups in total. The van der Waals surface area contributed by atoms with Gasteiger partial charge in [0.2, 0.25) is 12.7 Å². The van der Waals surface area contributed by atoms with Crippen molar-refractivity contribution in [3.8, 4) is 11.5 Å². The van der Waals surface area contributed by atoms with Gasteiger partial charge in [-0.25, -0.2) is 4.98 Å². The van der Waals surface area contributed by atoms with Crippen molar-refractivity contribution in [1.29, 1.82) is 0 Å². The fourth-order valence-electron chi connectivity index (χ4n) is 4.70. The molecule has 168 valence electrons. The summed E-state index contributed by atoms with van der Waals surface area (Å²) >= 11 is 0. The van der Waals surface area contributed by atoms with Gasteiger partial charge < -0.3 is 25.0 Å². The van der Waals surface area contributed by atoms with E-state index in [1.165, 1.54) is 18.4 Å². The minimum Gasteiger partial charge on any atom is -0.454 e. The van der Waals surface area contributed by atoms with Gasteiger partial charge in [-0.3, -0.25) is 0 Å². The standard InChI is InChI=1S/C25H31N5O2/c1-30(2)24-20-7-3-4-8-21(20)28-25(29-24)27-19-12-10-17(11-13-19)14-26-15-18-6-5-9-22-23(18)32-16-31-22/h3-9,17,19,26H,10-16H2,1-2H3,(H,27,28,29)/t17-,19+. The fraction of sp³-hybridized carbons (Fsp3) is 0.440. The van der Waals surface area contributed by atoms with Crippen LogP contribution in [-0.4, -0.2) is 43.4 Å². The van der Waals surface area contributed by atoms with Crippen LogP contribution < -0.4 is 25.0 Å². The van der Waals surface area contributed by atoms with Crippen molar-refractivity contribution in [3.05, 3.63) is 48.0 Å². The molecule has 1 aliphatic carbocycles. The number of aromatic nitrogens is 2. The highest BCUT2D eigenvalue weighted by atomic mass is 16.7. The third-order valence-corrected chi connectivity index (χ3v) is 6.41. The van der Waals surface area contributed by atoms with Crippen LogP contribution >= 0.6 is 0 Å². The average molecular weight is 434 g/mol. The molecule has 1 saturated carbocycles. The number of hydrogen-bond acceptors (Lipinski definition) is 7. The largest absolute Gasteiger partial charge is 0.454 e. The molecule has 5 rings (SSSR count). The summed E-state index contributed by atoms with van der Waals surface area (Å²) in [6.45, 7) is 2.15. The zero-order chi connectivity index (χ0) is 21.9. The first-order valence-electron chi connectivity index (χ1n) is 11.5. The van der Waals surface area contributed by atoms with E-state index >= 15 is 0 Å². The van der Waals surface area contributed by atoms with Gasteiger partial charge in [0.05, 0.1) is 5.52 Å². The van der Waals surface area contributed by atoms with Crippen molar-refractivity contribution in [2.45, 2.75) is 38.3 Å². The highest BCUT2D eigenvalue weighted by molar-refractivity contribution is 5.90. The molecule has 0 amide bonds. The second-order valence-corrected chi connectivity index (χ2v) is 8.93. The summed E-state index contributed by atoms with van der Waals surface area (Å²) in [5.41, 5.74) is 2.15. The van der Waals surface area contributed by atoms with Gasteiger partial charge >= 0.3 is 0 Å². The normalized spacial score (nSPS) is 19.8. The Morgan fingerprint density at radius 3 is 2.66 bits per heavy atom. The average Bonchev–Trinajstić information content (AvgIpc) is 3.29. The second-order valence-electron chi connectivity index (χ2n) is 8.93. The van der Waals surface area contributed by atoms with E-state index in [0.29, 0.717) is 18.8 Å². The zero-order valence-corrected chi connectivity index (χ0v) is 18.8. The van der Waals surface area contributed by atoms with Crippen LogP contribution in [0.2, 0.25) is 0 Å². The first-order valence-corrected chi connectivity index (χ1v) is 11.5. The molecule has 0 spiro atoms. The lowest BCUT2D eigenvalue weighted by atomic mass is 9.86. The van der Waals surface area contributed by atoms with Crippen molar-refractivity contribution >= 4 is 22.7 Å². The molecule has 0 radical (unpaired) electrons. The summed E-state index contributed by atoms with van der Waals surface area (Å²) in [5, 5.41) is 8.30. The number of nitrogens with one attached hydrogen (secondary N) is 2. The van der Waals surface area contributed by atoms with E-state index in [0.717, 1.165) is 60.1 Å². The smallest absolute Gasteiger partial charge is 0.231 e. The van der Waals surface area contributed by atoms with E-state index in [4.69, 9.17) is 19.4 Å². The Kier molecular flexibility index (Phi) is 5.99. The van der Waals surface area contributed by atoms with Crippen LogP contribution in [0, 0.1) is 5.92 Å². The molecule has 2 aromatic carbocycles. The molecule has 7 nitrogen and oxygen atoms in total. The lowest BCUT2D eigenvalue weighted by Crippen LogP contribution is -2.31. The molecule has 0 bridgehead atoms. The molecule has 1 fully saturated rings. The Balaban J connectivity index is 1.13. The Labute approximate surface area is 189 Å². The molecule has 1 aliphatic heterocycles. The van der Waals surface area contributed by atoms with Crippen LogP contribution in [-0.2, 0) is 6.54 Å². The highest BCUT2D eigenvalue weighted by Gasteiger charge is 2.23. The maximum atomic E-state index is 5.61. The number of hydrogen-bond donors (Lipinski definition) is 2. The first-order chi connectivity index (χ1) is 15.7. The molecule has 0 unspecified atom stereocenters. The summed E-state index contributed by atoms with van der Waals surface area (Å²) < 4.78 is 11.1. The molecular weight excluding hydrogens is 402 g/mol. The van der Waals surface area contributed by atoms with Gasteiger partial charge in [0.25, 0.3) is 0 Å². The van der Waals surface area contributed by atoms with E-state index in [2.05, 4.69) is 33.7 Å². The molecule has 2 heterocycles. The summed E-state index contributed by atoms with van der Waals surface area (Å²) in [6.07, 6.45) is 4.67. The Bertz CT molecular complexity index is 1080. The van der Waals surface area contributed by atoms with E-state index in [1.54, 1.807) is 0 Å². The van der Waals surface area contributed by atoms with Gasteiger partial charge in [-0.05, 0) is 56.3 Å². The van der Waals surface area contributed by atoms with Crippen LogP contribution in [0.3, 0.4) is 0 Å². The number of para-hydroxylation sites is 2. The lowest BCUT2D eigenvalue weighted by molar-refractivity contribution is 0.173. The van der Waals surface area contributed by atoms with Gasteiger partial charge in [-0.1, -0.05) is 24.3 Å². The SMILES string of the molecule is CN(C)c1nc(N[C@H]2CC[C@@H](CNCc3cccc4c3OCO4)CC2)nc2ccccc12. The molecule has 0 saturated heterocycles. The van der Waals surface area contributed by atoms with Gasteiger partial charge in [0.15, 0.2) is 11.5 Å². The van der Waals surface area contributed by atoms with E-state index in [9.17, 15) is 0 Å². The van der Waals surface area contributed by atoms with Crippen LogP contribution in [0.1, 0.15) is 31.2 Å². The third-order valence-electron chi connectivity index (χ3n) is 6.41. The molecule has 0 atom stereocenters. The fourth-order valence-corrected chi connectivity index (χ4v) is 4.70. The molecule has 7 heteroatoms. The van der Waals surface area contributed by atoms with Crippen LogP contribution in [0.25, 0.3) is 10.9 Å². The highest BCUT2D eigenvalue weighted by Crippen LogP contribution is 2.35. The van der Waals surface area contributed by atoms with Crippen molar-refractivity contribution < 1.29 is 9.47 Å². The molecule has 3 aromatic rings. The van der Waals surface area contributed by atoms with Gasteiger partial charge in [0, 0.05) is 37.6 Å². The quantitative estimate of drug-likeness (QED) is 0.579. The first kappa shape index (κ1) is 20.8. The minimum absolute atomic E-state index is 0.320. The topological polar surface area (TPSA) is 71.5 Å².